The van der Waals surface area contributed by atoms with Crippen molar-refractivity contribution < 1.29 is 9.53 Å². The molecule has 3 rings (SSSR count). The van der Waals surface area contributed by atoms with E-state index in [9.17, 15) is 4.79 Å². The third kappa shape index (κ3) is 4.03. The van der Waals surface area contributed by atoms with Crippen molar-refractivity contribution in [1.82, 2.24) is 15.2 Å². The molecule has 1 aliphatic heterocycles. The number of fused-ring (bicyclic) bond motifs is 1. The van der Waals surface area contributed by atoms with Crippen molar-refractivity contribution in [2.45, 2.75) is 26.3 Å². The molecule has 1 aromatic carbocycles. The third-order valence-corrected chi connectivity index (χ3v) is 4.59. The summed E-state index contributed by atoms with van der Waals surface area (Å²) in [7, 11) is 1.68. The van der Waals surface area contributed by atoms with E-state index in [0.717, 1.165) is 49.1 Å². The number of methoxy groups -OCH3 is 1. The molecule has 5 nitrogen and oxygen atoms in total. The molecule has 0 spiro atoms. The van der Waals surface area contributed by atoms with E-state index >= 15 is 0 Å². The van der Waals surface area contributed by atoms with Crippen LogP contribution in [0, 0.1) is 5.92 Å². The Kier molecular flexibility index (Phi) is 5.30. The number of piperidine rings is 1. The monoisotopic (exact) mass is 327 g/mol. The van der Waals surface area contributed by atoms with Crippen molar-refractivity contribution in [2.75, 3.05) is 26.7 Å². The normalized spacial score (nSPS) is 18.5. The first kappa shape index (κ1) is 16.7. The summed E-state index contributed by atoms with van der Waals surface area (Å²) < 4.78 is 5.51. The SMILES string of the molecule is COc1nc2ccccc2cc1CN1CCCC(CNC(C)=O)C1. The molecule has 5 heteroatoms. The molecule has 0 saturated carbocycles. The lowest BCUT2D eigenvalue weighted by Gasteiger charge is -2.33. The Bertz CT molecular complexity index is 717. The van der Waals surface area contributed by atoms with Crippen LogP contribution in [0.15, 0.2) is 30.3 Å². The number of carbonyl (C=O) groups is 1. The number of carbonyl (C=O) groups excluding carboxylic acids is 1. The second-order valence-electron chi connectivity index (χ2n) is 6.53. The van der Waals surface area contributed by atoms with Gasteiger partial charge in [-0.15, -0.1) is 0 Å². The Balaban J connectivity index is 1.72. The minimum atomic E-state index is 0.0486. The Morgan fingerprint density at radius 1 is 1.42 bits per heavy atom. The highest BCUT2D eigenvalue weighted by Gasteiger charge is 2.21. The number of benzene rings is 1. The maximum absolute atomic E-state index is 11.1. The number of nitrogens with one attached hydrogen (secondary N) is 1. The lowest BCUT2D eigenvalue weighted by molar-refractivity contribution is -0.119. The molecule has 1 saturated heterocycles. The van der Waals surface area contributed by atoms with Gasteiger partial charge in [-0.25, -0.2) is 4.98 Å². The predicted octanol–water partition coefficient (Wildman–Crippen LogP) is 2.59. The van der Waals surface area contributed by atoms with Crippen molar-refractivity contribution in [3.63, 3.8) is 0 Å². The molecule has 128 valence electrons. The van der Waals surface area contributed by atoms with E-state index in [1.807, 2.05) is 18.2 Å². The van der Waals surface area contributed by atoms with Gasteiger partial charge in [0.1, 0.15) is 0 Å². The number of hydrogen-bond acceptors (Lipinski definition) is 4. The van der Waals surface area contributed by atoms with Crippen LogP contribution in [-0.4, -0.2) is 42.5 Å². The topological polar surface area (TPSA) is 54.5 Å². The second kappa shape index (κ2) is 7.62. The molecule has 2 aromatic rings. The summed E-state index contributed by atoms with van der Waals surface area (Å²) in [5, 5.41) is 4.08. The molecule has 1 atom stereocenters. The van der Waals surface area contributed by atoms with Crippen LogP contribution in [0.4, 0.5) is 0 Å². The van der Waals surface area contributed by atoms with Crippen molar-refractivity contribution in [2.24, 2.45) is 5.92 Å². The standard InChI is InChI=1S/C19H25N3O2/c1-14(23)20-11-15-6-5-9-22(12-15)13-17-10-16-7-3-4-8-18(16)21-19(17)24-2/h3-4,7-8,10,15H,5-6,9,11-13H2,1-2H3,(H,20,23). The molecule has 1 amide bonds. The highest BCUT2D eigenvalue weighted by Crippen LogP contribution is 2.25. The van der Waals surface area contributed by atoms with E-state index in [-0.39, 0.29) is 5.91 Å². The fourth-order valence-electron chi connectivity index (χ4n) is 3.42. The zero-order valence-corrected chi connectivity index (χ0v) is 14.4. The molecular weight excluding hydrogens is 302 g/mol. The first-order valence-electron chi connectivity index (χ1n) is 8.55. The van der Waals surface area contributed by atoms with Gasteiger partial charge in [0.15, 0.2) is 0 Å². The number of pyridine rings is 1. The Hall–Kier alpha value is -2.14. The van der Waals surface area contributed by atoms with Gasteiger partial charge in [0, 0.05) is 37.5 Å². The fraction of sp³-hybridized carbons (Fsp3) is 0.474. The number of hydrogen-bond donors (Lipinski definition) is 1. The third-order valence-electron chi connectivity index (χ3n) is 4.59. The van der Waals surface area contributed by atoms with E-state index in [0.29, 0.717) is 11.8 Å². The number of amides is 1. The molecule has 0 aliphatic carbocycles. The van der Waals surface area contributed by atoms with Crippen LogP contribution >= 0.6 is 0 Å². The van der Waals surface area contributed by atoms with E-state index in [1.165, 1.54) is 6.42 Å². The second-order valence-corrected chi connectivity index (χ2v) is 6.53. The van der Waals surface area contributed by atoms with Crippen LogP contribution < -0.4 is 10.1 Å². The van der Waals surface area contributed by atoms with E-state index in [1.54, 1.807) is 14.0 Å². The summed E-state index contributed by atoms with van der Waals surface area (Å²) >= 11 is 0. The van der Waals surface area contributed by atoms with Crippen molar-refractivity contribution in [3.8, 4) is 5.88 Å². The average Bonchev–Trinajstić information content (AvgIpc) is 2.59. The molecule has 1 fully saturated rings. The van der Waals surface area contributed by atoms with Gasteiger partial charge in [-0.1, -0.05) is 18.2 Å². The molecule has 0 radical (unpaired) electrons. The summed E-state index contributed by atoms with van der Waals surface area (Å²) in [5.74, 6) is 1.27. The van der Waals surface area contributed by atoms with Crippen LogP contribution in [-0.2, 0) is 11.3 Å². The van der Waals surface area contributed by atoms with Crippen LogP contribution in [0.3, 0.4) is 0 Å². The average molecular weight is 327 g/mol. The molecule has 2 heterocycles. The van der Waals surface area contributed by atoms with Gasteiger partial charge in [0.05, 0.1) is 12.6 Å². The van der Waals surface area contributed by atoms with Gasteiger partial charge in [-0.05, 0) is 37.4 Å². The van der Waals surface area contributed by atoms with Gasteiger partial charge in [0.2, 0.25) is 11.8 Å². The smallest absolute Gasteiger partial charge is 0.218 e. The van der Waals surface area contributed by atoms with Gasteiger partial charge in [0.25, 0.3) is 0 Å². The lowest BCUT2D eigenvalue weighted by atomic mass is 9.97. The minimum absolute atomic E-state index is 0.0486. The number of nitrogens with zero attached hydrogens (tertiary/aromatic N) is 2. The summed E-state index contributed by atoms with van der Waals surface area (Å²) in [6.45, 7) is 5.24. The number of para-hydroxylation sites is 1. The summed E-state index contributed by atoms with van der Waals surface area (Å²) in [6.07, 6.45) is 2.33. The predicted molar refractivity (Wildman–Crippen MR) is 95.0 cm³/mol. The molecule has 24 heavy (non-hydrogen) atoms. The van der Waals surface area contributed by atoms with Gasteiger partial charge in [-0.2, -0.15) is 0 Å². The largest absolute Gasteiger partial charge is 0.481 e. The van der Waals surface area contributed by atoms with E-state index in [2.05, 4.69) is 27.3 Å². The van der Waals surface area contributed by atoms with Gasteiger partial charge < -0.3 is 10.1 Å². The summed E-state index contributed by atoms with van der Waals surface area (Å²) in [6, 6.07) is 10.3. The number of aromatic nitrogens is 1. The molecule has 0 bridgehead atoms. The van der Waals surface area contributed by atoms with Crippen molar-refractivity contribution in [3.05, 3.63) is 35.9 Å². The Morgan fingerprint density at radius 2 is 2.25 bits per heavy atom. The van der Waals surface area contributed by atoms with Crippen molar-refractivity contribution in [1.29, 1.82) is 0 Å². The number of likely N-dealkylation sites (tertiary alicyclic amines) is 1. The maximum Gasteiger partial charge on any atom is 0.218 e. The Morgan fingerprint density at radius 3 is 3.04 bits per heavy atom. The maximum atomic E-state index is 11.1. The summed E-state index contributed by atoms with van der Waals surface area (Å²) in [4.78, 5) is 18.2. The van der Waals surface area contributed by atoms with Crippen LogP contribution in [0.2, 0.25) is 0 Å². The first-order valence-corrected chi connectivity index (χ1v) is 8.55. The molecule has 1 N–H and O–H groups in total. The number of rotatable bonds is 5. The zero-order valence-electron chi connectivity index (χ0n) is 14.4. The molecule has 1 aliphatic rings. The van der Waals surface area contributed by atoms with Crippen LogP contribution in [0.25, 0.3) is 10.9 Å². The highest BCUT2D eigenvalue weighted by atomic mass is 16.5. The molecular formula is C19H25N3O2. The first-order chi connectivity index (χ1) is 11.7. The summed E-state index contributed by atoms with van der Waals surface area (Å²) in [5.41, 5.74) is 2.08. The Labute approximate surface area is 143 Å². The molecule has 1 aromatic heterocycles. The lowest BCUT2D eigenvalue weighted by Crippen LogP contribution is -2.40. The zero-order chi connectivity index (χ0) is 16.9. The van der Waals surface area contributed by atoms with Crippen molar-refractivity contribution >= 4 is 16.8 Å². The van der Waals surface area contributed by atoms with E-state index in [4.69, 9.17) is 4.74 Å². The minimum Gasteiger partial charge on any atom is -0.481 e. The van der Waals surface area contributed by atoms with Crippen LogP contribution in [0.5, 0.6) is 5.88 Å². The number of ether oxygens (including phenoxy) is 1. The van der Waals surface area contributed by atoms with Crippen LogP contribution in [0.1, 0.15) is 25.3 Å². The fourth-order valence-corrected chi connectivity index (χ4v) is 3.42. The highest BCUT2D eigenvalue weighted by molar-refractivity contribution is 5.80. The molecule has 1 unspecified atom stereocenters. The van der Waals surface area contributed by atoms with Gasteiger partial charge in [-0.3, -0.25) is 9.69 Å². The van der Waals surface area contributed by atoms with E-state index < -0.39 is 0 Å². The quantitative estimate of drug-likeness (QED) is 0.917. The van der Waals surface area contributed by atoms with Gasteiger partial charge >= 0.3 is 0 Å².